The first kappa shape index (κ1) is 16.6. The summed E-state index contributed by atoms with van der Waals surface area (Å²) in [5, 5.41) is 9.65. The number of hydrogen-bond donors (Lipinski definition) is 1. The Kier molecular flexibility index (Phi) is 7.87. The van der Waals surface area contributed by atoms with Crippen molar-refractivity contribution in [3.05, 3.63) is 29.8 Å². The van der Waals surface area contributed by atoms with Crippen LogP contribution >= 0.6 is 0 Å². The van der Waals surface area contributed by atoms with Crippen LogP contribution < -0.4 is 4.74 Å². The third kappa shape index (κ3) is 7.23. The molecule has 1 atom stereocenters. The molecule has 5 heteroatoms. The van der Waals surface area contributed by atoms with E-state index in [0.717, 1.165) is 5.56 Å². The van der Waals surface area contributed by atoms with Crippen LogP contribution in [0, 0.1) is 0 Å². The Morgan fingerprint density at radius 1 is 1.20 bits per heavy atom. The van der Waals surface area contributed by atoms with Gasteiger partial charge >= 0.3 is 0 Å². The number of carbonyl (C=O) groups excluding carboxylic acids is 1. The van der Waals surface area contributed by atoms with E-state index in [0.29, 0.717) is 25.4 Å². The van der Waals surface area contributed by atoms with Crippen molar-refractivity contribution in [2.24, 2.45) is 0 Å². The largest absolute Gasteiger partial charge is 0.491 e. The van der Waals surface area contributed by atoms with E-state index in [1.807, 2.05) is 12.1 Å². The Morgan fingerprint density at radius 3 is 2.50 bits per heavy atom. The lowest BCUT2D eigenvalue weighted by atomic mass is 10.1. The zero-order valence-corrected chi connectivity index (χ0v) is 12.0. The fourth-order valence-corrected chi connectivity index (χ4v) is 1.59. The zero-order valence-electron chi connectivity index (χ0n) is 12.0. The van der Waals surface area contributed by atoms with Gasteiger partial charge in [0.15, 0.2) is 0 Å². The summed E-state index contributed by atoms with van der Waals surface area (Å²) in [6.07, 6.45) is -0.250. The highest BCUT2D eigenvalue weighted by Gasteiger charge is 2.06. The molecular formula is C15H22O5. The Hall–Kier alpha value is -1.43. The second-order valence-electron chi connectivity index (χ2n) is 4.56. The van der Waals surface area contributed by atoms with E-state index in [4.69, 9.17) is 14.2 Å². The summed E-state index contributed by atoms with van der Waals surface area (Å²) in [7, 11) is 1.60. The highest BCUT2D eigenvalue weighted by atomic mass is 16.5. The van der Waals surface area contributed by atoms with Gasteiger partial charge in [0.1, 0.15) is 24.2 Å². The third-order valence-corrected chi connectivity index (χ3v) is 2.56. The van der Waals surface area contributed by atoms with Crippen molar-refractivity contribution in [1.29, 1.82) is 0 Å². The Bertz CT molecular complexity index is 388. The van der Waals surface area contributed by atoms with Gasteiger partial charge in [0.05, 0.1) is 19.8 Å². The summed E-state index contributed by atoms with van der Waals surface area (Å²) >= 11 is 0. The molecule has 0 bridgehead atoms. The van der Waals surface area contributed by atoms with Crippen LogP contribution in [0.25, 0.3) is 0 Å². The number of methoxy groups -OCH3 is 1. The van der Waals surface area contributed by atoms with Gasteiger partial charge in [-0.1, -0.05) is 12.1 Å². The maximum atomic E-state index is 11.0. The molecule has 0 aliphatic heterocycles. The van der Waals surface area contributed by atoms with Gasteiger partial charge in [0.2, 0.25) is 0 Å². The van der Waals surface area contributed by atoms with Gasteiger partial charge in [-0.05, 0) is 24.6 Å². The molecule has 0 saturated carbocycles. The number of carbonyl (C=O) groups is 1. The molecule has 0 amide bonds. The lowest BCUT2D eigenvalue weighted by molar-refractivity contribution is -0.116. The van der Waals surface area contributed by atoms with Crippen molar-refractivity contribution in [3.63, 3.8) is 0 Å². The van der Waals surface area contributed by atoms with Gasteiger partial charge in [-0.2, -0.15) is 0 Å². The van der Waals surface area contributed by atoms with Crippen molar-refractivity contribution in [3.8, 4) is 5.75 Å². The molecule has 0 aliphatic rings. The number of ether oxygens (including phenoxy) is 3. The van der Waals surface area contributed by atoms with E-state index in [9.17, 15) is 9.90 Å². The van der Waals surface area contributed by atoms with Gasteiger partial charge in [0, 0.05) is 13.5 Å². The van der Waals surface area contributed by atoms with E-state index in [1.165, 1.54) is 0 Å². The molecule has 0 fully saturated rings. The van der Waals surface area contributed by atoms with Crippen molar-refractivity contribution >= 4 is 5.78 Å². The van der Waals surface area contributed by atoms with Crippen LogP contribution in [-0.2, 0) is 20.7 Å². The SMILES string of the molecule is COCCOCC(O)COc1ccc(CC(C)=O)cc1. The topological polar surface area (TPSA) is 65.0 Å². The normalized spacial score (nSPS) is 12.2. The molecule has 0 heterocycles. The number of benzene rings is 1. The minimum atomic E-state index is -0.677. The summed E-state index contributed by atoms with van der Waals surface area (Å²) in [5.74, 6) is 0.788. The van der Waals surface area contributed by atoms with Gasteiger partial charge < -0.3 is 19.3 Å². The molecule has 0 aliphatic carbocycles. The van der Waals surface area contributed by atoms with E-state index in [1.54, 1.807) is 26.2 Å². The highest BCUT2D eigenvalue weighted by Crippen LogP contribution is 2.13. The molecule has 0 saturated heterocycles. The fraction of sp³-hybridized carbons (Fsp3) is 0.533. The van der Waals surface area contributed by atoms with Crippen LogP contribution in [-0.4, -0.2) is 50.5 Å². The first-order valence-corrected chi connectivity index (χ1v) is 6.57. The predicted molar refractivity (Wildman–Crippen MR) is 75.0 cm³/mol. The molecule has 0 radical (unpaired) electrons. The van der Waals surface area contributed by atoms with Crippen molar-refractivity contribution < 1.29 is 24.1 Å². The molecule has 112 valence electrons. The van der Waals surface area contributed by atoms with E-state index in [2.05, 4.69) is 0 Å². The summed E-state index contributed by atoms with van der Waals surface area (Å²) in [4.78, 5) is 11.0. The molecule has 0 spiro atoms. The Morgan fingerprint density at radius 2 is 1.90 bits per heavy atom. The average Bonchev–Trinajstić information content (AvgIpc) is 2.42. The van der Waals surface area contributed by atoms with Gasteiger partial charge in [-0.3, -0.25) is 4.79 Å². The fourth-order valence-electron chi connectivity index (χ4n) is 1.59. The predicted octanol–water partition coefficient (Wildman–Crippen LogP) is 1.22. The number of rotatable bonds is 10. The molecule has 1 aromatic rings. The molecular weight excluding hydrogens is 260 g/mol. The highest BCUT2D eigenvalue weighted by molar-refractivity contribution is 5.78. The van der Waals surface area contributed by atoms with Gasteiger partial charge in [0.25, 0.3) is 0 Å². The van der Waals surface area contributed by atoms with Crippen LogP contribution in [0.1, 0.15) is 12.5 Å². The summed E-state index contributed by atoms with van der Waals surface area (Å²) in [6, 6.07) is 7.27. The van der Waals surface area contributed by atoms with Crippen molar-refractivity contribution in [1.82, 2.24) is 0 Å². The first-order valence-electron chi connectivity index (χ1n) is 6.57. The van der Waals surface area contributed by atoms with Crippen LogP contribution in [0.2, 0.25) is 0 Å². The maximum Gasteiger partial charge on any atom is 0.134 e. The number of hydrogen-bond acceptors (Lipinski definition) is 5. The summed E-state index contributed by atoms with van der Waals surface area (Å²) < 4.78 is 15.5. The number of aliphatic hydroxyl groups excluding tert-OH is 1. The number of ketones is 1. The summed E-state index contributed by atoms with van der Waals surface area (Å²) in [6.45, 7) is 2.90. The minimum Gasteiger partial charge on any atom is -0.491 e. The van der Waals surface area contributed by atoms with Crippen LogP contribution in [0.5, 0.6) is 5.75 Å². The molecule has 0 aromatic heterocycles. The van der Waals surface area contributed by atoms with Crippen LogP contribution in [0.15, 0.2) is 24.3 Å². The summed E-state index contributed by atoms with van der Waals surface area (Å²) in [5.41, 5.74) is 0.952. The van der Waals surface area contributed by atoms with Crippen molar-refractivity contribution in [2.45, 2.75) is 19.4 Å². The molecule has 1 aromatic carbocycles. The zero-order chi connectivity index (χ0) is 14.8. The number of aliphatic hydroxyl groups is 1. The average molecular weight is 282 g/mol. The standard InChI is InChI=1S/C15H22O5/c1-12(16)9-13-3-5-15(6-4-13)20-11-14(17)10-19-8-7-18-2/h3-6,14,17H,7-11H2,1-2H3. The van der Waals surface area contributed by atoms with Gasteiger partial charge in [-0.15, -0.1) is 0 Å². The van der Waals surface area contributed by atoms with Crippen LogP contribution in [0.3, 0.4) is 0 Å². The molecule has 20 heavy (non-hydrogen) atoms. The Balaban J connectivity index is 2.25. The maximum absolute atomic E-state index is 11.0. The molecule has 5 nitrogen and oxygen atoms in total. The number of Topliss-reactive ketones (excluding diaryl/α,β-unsaturated/α-hetero) is 1. The van der Waals surface area contributed by atoms with Gasteiger partial charge in [-0.25, -0.2) is 0 Å². The molecule has 1 unspecified atom stereocenters. The Labute approximate surface area is 119 Å². The van der Waals surface area contributed by atoms with E-state index < -0.39 is 6.10 Å². The minimum absolute atomic E-state index is 0.127. The molecule has 1 rings (SSSR count). The first-order chi connectivity index (χ1) is 9.61. The smallest absolute Gasteiger partial charge is 0.134 e. The van der Waals surface area contributed by atoms with Crippen molar-refractivity contribution in [2.75, 3.05) is 33.5 Å². The second-order valence-corrected chi connectivity index (χ2v) is 4.56. The van der Waals surface area contributed by atoms with Crippen LogP contribution in [0.4, 0.5) is 0 Å². The lowest BCUT2D eigenvalue weighted by Gasteiger charge is -2.13. The van der Waals surface area contributed by atoms with E-state index in [-0.39, 0.29) is 19.0 Å². The quantitative estimate of drug-likeness (QED) is 0.654. The lowest BCUT2D eigenvalue weighted by Crippen LogP contribution is -2.24. The second kappa shape index (κ2) is 9.47. The third-order valence-electron chi connectivity index (χ3n) is 2.56. The molecule has 1 N–H and O–H groups in total. The van der Waals surface area contributed by atoms with E-state index >= 15 is 0 Å². The monoisotopic (exact) mass is 282 g/mol.